The first-order chi connectivity index (χ1) is 9.65. The second kappa shape index (κ2) is 6.57. The van der Waals surface area contributed by atoms with Crippen LogP contribution >= 0.6 is 0 Å². The number of para-hydroxylation sites is 1. The van der Waals surface area contributed by atoms with E-state index in [0.717, 1.165) is 18.2 Å². The van der Waals surface area contributed by atoms with Crippen LogP contribution in [0.5, 0.6) is 0 Å². The van der Waals surface area contributed by atoms with Gasteiger partial charge in [-0.2, -0.15) is 0 Å². The molecule has 0 spiro atoms. The predicted molar refractivity (Wildman–Crippen MR) is 78.6 cm³/mol. The maximum Gasteiger partial charge on any atom is 0.287 e. The van der Waals surface area contributed by atoms with Crippen molar-refractivity contribution in [2.75, 3.05) is 6.54 Å². The van der Waals surface area contributed by atoms with Crippen molar-refractivity contribution >= 4 is 16.9 Å². The molecule has 1 aromatic carbocycles. The van der Waals surface area contributed by atoms with E-state index in [-0.39, 0.29) is 24.1 Å². The molecule has 108 valence electrons. The molecule has 0 aliphatic rings. The first kappa shape index (κ1) is 14.6. The van der Waals surface area contributed by atoms with Gasteiger partial charge in [-0.15, -0.1) is 0 Å². The molecule has 1 heterocycles. The maximum atomic E-state index is 12.0. The molecule has 0 saturated carbocycles. The van der Waals surface area contributed by atoms with E-state index >= 15 is 0 Å². The number of rotatable bonds is 6. The van der Waals surface area contributed by atoms with Crippen molar-refractivity contribution in [3.8, 4) is 0 Å². The Labute approximate surface area is 118 Å². The van der Waals surface area contributed by atoms with Gasteiger partial charge in [0.1, 0.15) is 5.58 Å². The predicted octanol–water partition coefficient (Wildman–Crippen LogP) is 2.96. The summed E-state index contributed by atoms with van der Waals surface area (Å²) in [6.07, 6.45) is 1.29. The first-order valence-corrected chi connectivity index (χ1v) is 7.10. The van der Waals surface area contributed by atoms with E-state index in [1.165, 1.54) is 0 Å². The Hall–Kier alpha value is -1.81. The van der Waals surface area contributed by atoms with Crippen molar-refractivity contribution < 1.29 is 14.3 Å². The van der Waals surface area contributed by atoms with E-state index in [1.807, 2.05) is 38.1 Å². The third-order valence-corrected chi connectivity index (χ3v) is 3.71. The molecule has 1 amide bonds. The summed E-state index contributed by atoms with van der Waals surface area (Å²) in [5.41, 5.74) is 0.693. The van der Waals surface area contributed by atoms with E-state index in [2.05, 4.69) is 5.32 Å². The summed E-state index contributed by atoms with van der Waals surface area (Å²) in [7, 11) is 0. The Kier molecular flexibility index (Phi) is 4.79. The van der Waals surface area contributed by atoms with Crippen LogP contribution in [-0.2, 0) is 0 Å². The second-order valence-electron chi connectivity index (χ2n) is 5.00. The highest BCUT2D eigenvalue weighted by Gasteiger charge is 2.18. The highest BCUT2D eigenvalue weighted by Crippen LogP contribution is 2.18. The lowest BCUT2D eigenvalue weighted by Gasteiger charge is -2.19. The third kappa shape index (κ3) is 3.20. The van der Waals surface area contributed by atoms with Crippen molar-refractivity contribution in [2.45, 2.75) is 32.8 Å². The average molecular weight is 275 g/mol. The van der Waals surface area contributed by atoms with Crippen LogP contribution in [0.1, 0.15) is 37.2 Å². The number of hydrogen-bond donors (Lipinski definition) is 2. The molecule has 1 aromatic heterocycles. The number of benzene rings is 1. The number of aliphatic hydroxyl groups is 1. The van der Waals surface area contributed by atoms with E-state index in [4.69, 9.17) is 4.42 Å². The minimum absolute atomic E-state index is 0.214. The fourth-order valence-electron chi connectivity index (χ4n) is 2.38. The van der Waals surface area contributed by atoms with Gasteiger partial charge < -0.3 is 14.8 Å². The van der Waals surface area contributed by atoms with Crippen LogP contribution in [0, 0.1) is 5.92 Å². The van der Waals surface area contributed by atoms with Gasteiger partial charge in [0.15, 0.2) is 5.76 Å². The number of hydrogen-bond acceptors (Lipinski definition) is 3. The zero-order valence-corrected chi connectivity index (χ0v) is 11.9. The van der Waals surface area contributed by atoms with Gasteiger partial charge in [0.25, 0.3) is 5.91 Å². The van der Waals surface area contributed by atoms with Gasteiger partial charge in [0, 0.05) is 11.9 Å². The Morgan fingerprint density at radius 3 is 2.65 bits per heavy atom. The Morgan fingerprint density at radius 1 is 1.30 bits per heavy atom. The van der Waals surface area contributed by atoms with Gasteiger partial charge in [0.2, 0.25) is 0 Å². The van der Waals surface area contributed by atoms with E-state index in [1.54, 1.807) is 6.07 Å². The number of fused-ring (bicyclic) bond motifs is 1. The molecule has 2 N–H and O–H groups in total. The topological polar surface area (TPSA) is 62.5 Å². The fraction of sp³-hybridized carbons (Fsp3) is 0.438. The van der Waals surface area contributed by atoms with Gasteiger partial charge in [-0.1, -0.05) is 44.9 Å². The van der Waals surface area contributed by atoms with Crippen molar-refractivity contribution in [1.29, 1.82) is 0 Å². The Bertz CT molecular complexity index is 539. The summed E-state index contributed by atoms with van der Waals surface area (Å²) in [4.78, 5) is 12.0. The summed E-state index contributed by atoms with van der Waals surface area (Å²) >= 11 is 0. The molecule has 0 bridgehead atoms. The third-order valence-electron chi connectivity index (χ3n) is 3.71. The average Bonchev–Trinajstić information content (AvgIpc) is 2.90. The summed E-state index contributed by atoms with van der Waals surface area (Å²) in [6.45, 7) is 4.33. The van der Waals surface area contributed by atoms with E-state index in [0.29, 0.717) is 5.58 Å². The normalized spacial score (nSPS) is 12.8. The minimum Gasteiger partial charge on any atom is -0.451 e. The quantitative estimate of drug-likeness (QED) is 0.852. The lowest BCUT2D eigenvalue weighted by atomic mass is 9.96. The van der Waals surface area contributed by atoms with Crippen LogP contribution in [0.2, 0.25) is 0 Å². The Balaban J connectivity index is 1.98. The monoisotopic (exact) mass is 275 g/mol. The smallest absolute Gasteiger partial charge is 0.287 e. The summed E-state index contributed by atoms with van der Waals surface area (Å²) in [5.74, 6) is 0.208. The number of nitrogens with one attached hydrogen (secondary N) is 1. The molecule has 4 nitrogen and oxygen atoms in total. The van der Waals surface area contributed by atoms with Gasteiger partial charge in [-0.3, -0.25) is 4.79 Å². The Morgan fingerprint density at radius 2 is 2.00 bits per heavy atom. The maximum absolute atomic E-state index is 12.0. The van der Waals surface area contributed by atoms with Gasteiger partial charge in [0.05, 0.1) is 6.10 Å². The molecule has 0 aliphatic heterocycles. The summed E-state index contributed by atoms with van der Waals surface area (Å²) < 4.78 is 5.48. The lowest BCUT2D eigenvalue weighted by molar-refractivity contribution is 0.0798. The summed E-state index contributed by atoms with van der Waals surface area (Å²) in [6, 6.07) is 9.20. The lowest BCUT2D eigenvalue weighted by Crippen LogP contribution is -2.35. The number of aliphatic hydroxyl groups excluding tert-OH is 1. The van der Waals surface area contributed by atoms with Crippen molar-refractivity contribution in [3.63, 3.8) is 0 Å². The molecule has 2 rings (SSSR count). The second-order valence-corrected chi connectivity index (χ2v) is 5.00. The molecule has 0 saturated heterocycles. The molecule has 0 aliphatic carbocycles. The molecule has 0 fully saturated rings. The highest BCUT2D eigenvalue weighted by molar-refractivity contribution is 5.96. The molecule has 20 heavy (non-hydrogen) atoms. The number of carbonyl (C=O) groups is 1. The highest BCUT2D eigenvalue weighted by atomic mass is 16.3. The fourth-order valence-corrected chi connectivity index (χ4v) is 2.38. The zero-order chi connectivity index (χ0) is 14.5. The molecule has 2 aromatic rings. The largest absolute Gasteiger partial charge is 0.451 e. The van der Waals surface area contributed by atoms with E-state index < -0.39 is 6.10 Å². The molecule has 1 unspecified atom stereocenters. The van der Waals surface area contributed by atoms with Crippen molar-refractivity contribution in [1.82, 2.24) is 5.32 Å². The van der Waals surface area contributed by atoms with Crippen molar-refractivity contribution in [3.05, 3.63) is 36.1 Å². The van der Waals surface area contributed by atoms with Gasteiger partial charge in [-0.25, -0.2) is 0 Å². The first-order valence-electron chi connectivity index (χ1n) is 7.10. The van der Waals surface area contributed by atoms with Crippen LogP contribution in [0.25, 0.3) is 11.0 Å². The van der Waals surface area contributed by atoms with Gasteiger partial charge in [-0.05, 0) is 18.1 Å². The molecule has 4 heteroatoms. The SMILES string of the molecule is CCC(CC)C(O)CNC(=O)c1cc2ccccc2o1. The number of amides is 1. The molecule has 0 radical (unpaired) electrons. The van der Waals surface area contributed by atoms with Crippen molar-refractivity contribution in [2.24, 2.45) is 5.92 Å². The molecular weight excluding hydrogens is 254 g/mol. The standard InChI is InChI=1S/C16H21NO3/c1-3-11(4-2)13(18)10-17-16(19)15-9-12-7-5-6-8-14(12)20-15/h5-9,11,13,18H,3-4,10H2,1-2H3,(H,17,19). The molecule has 1 atom stereocenters. The van der Waals surface area contributed by atoms with Gasteiger partial charge >= 0.3 is 0 Å². The van der Waals surface area contributed by atoms with Crippen LogP contribution in [-0.4, -0.2) is 23.7 Å². The van der Waals surface area contributed by atoms with Crippen LogP contribution in [0.4, 0.5) is 0 Å². The number of carbonyl (C=O) groups excluding carboxylic acids is 1. The summed E-state index contributed by atoms with van der Waals surface area (Å²) in [5, 5.41) is 13.6. The van der Waals surface area contributed by atoms with E-state index in [9.17, 15) is 9.90 Å². The minimum atomic E-state index is -0.515. The van der Waals surface area contributed by atoms with Crippen LogP contribution in [0.3, 0.4) is 0 Å². The van der Waals surface area contributed by atoms with Crippen LogP contribution in [0.15, 0.2) is 34.7 Å². The molecular formula is C16H21NO3. The van der Waals surface area contributed by atoms with Crippen LogP contribution < -0.4 is 5.32 Å². The zero-order valence-electron chi connectivity index (χ0n) is 11.9. The number of furan rings is 1.